The lowest BCUT2D eigenvalue weighted by atomic mass is 10.0. The number of nitrogens with zero attached hydrogens (tertiary/aromatic N) is 2. The molecule has 8 heteroatoms. The van der Waals surface area contributed by atoms with Crippen LogP contribution >= 0.6 is 0 Å². The molecule has 0 spiro atoms. The third kappa shape index (κ3) is 5.18. The van der Waals surface area contributed by atoms with Gasteiger partial charge in [0.15, 0.2) is 17.3 Å². The second kappa shape index (κ2) is 9.16. The van der Waals surface area contributed by atoms with E-state index >= 15 is 0 Å². The highest BCUT2D eigenvalue weighted by Gasteiger charge is 2.23. The summed E-state index contributed by atoms with van der Waals surface area (Å²) in [6.07, 6.45) is 0.471. The molecule has 1 atom stereocenters. The first kappa shape index (κ1) is 19.6. The Morgan fingerprint density at radius 2 is 2.00 bits per heavy atom. The molecule has 0 aromatic heterocycles. The topological polar surface area (TPSA) is 83.1 Å². The smallest absolute Gasteiger partial charge is 0.231 e. The number of carbonyl (C=O) groups excluding carboxylic acids is 2. The number of ether oxygens (including phenoxy) is 2. The summed E-state index contributed by atoms with van der Waals surface area (Å²) in [5.74, 6) is 1.23. The van der Waals surface area contributed by atoms with Gasteiger partial charge in [0.1, 0.15) is 0 Å². The molecule has 1 amide bonds. The number of hydrogen-bond donors (Lipinski definition) is 2. The summed E-state index contributed by atoms with van der Waals surface area (Å²) in [4.78, 5) is 28.9. The maximum Gasteiger partial charge on any atom is 0.231 e. The Bertz CT molecular complexity index is 676. The van der Waals surface area contributed by atoms with Crippen molar-refractivity contribution in [1.82, 2.24) is 20.4 Å². The van der Waals surface area contributed by atoms with Crippen LogP contribution in [0.25, 0.3) is 0 Å². The molecule has 148 valence electrons. The number of ketones is 1. The Balaban J connectivity index is 1.43. The first-order valence-electron chi connectivity index (χ1n) is 9.38. The van der Waals surface area contributed by atoms with E-state index in [1.165, 1.54) is 0 Å². The number of amides is 1. The summed E-state index contributed by atoms with van der Waals surface area (Å²) in [6, 6.07) is 4.84. The van der Waals surface area contributed by atoms with Crippen molar-refractivity contribution in [2.24, 2.45) is 0 Å². The van der Waals surface area contributed by atoms with Crippen LogP contribution in [0.15, 0.2) is 18.2 Å². The van der Waals surface area contributed by atoms with E-state index in [4.69, 9.17) is 9.47 Å². The summed E-state index contributed by atoms with van der Waals surface area (Å²) in [7, 11) is 1.83. The molecule has 1 aromatic carbocycles. The standard InChI is InChI=1S/C19H28N4O4/c1-14(19(25)15-3-4-16-17(11-15)27-13-26-16)22(2)12-21-18(24)5-8-23-9-6-20-7-10-23/h3-4,11,14,20H,5-10,12-13H2,1-2H3,(H,21,24). The van der Waals surface area contributed by atoms with Crippen molar-refractivity contribution >= 4 is 11.7 Å². The van der Waals surface area contributed by atoms with Gasteiger partial charge in [-0.3, -0.25) is 14.5 Å². The molecule has 3 rings (SSSR count). The monoisotopic (exact) mass is 376 g/mol. The molecule has 0 radical (unpaired) electrons. The van der Waals surface area contributed by atoms with E-state index in [0.29, 0.717) is 30.2 Å². The van der Waals surface area contributed by atoms with Crippen LogP contribution in [0.1, 0.15) is 23.7 Å². The van der Waals surface area contributed by atoms with Crippen molar-refractivity contribution in [2.75, 3.05) is 53.2 Å². The third-order valence-corrected chi connectivity index (χ3v) is 5.09. The number of fused-ring (bicyclic) bond motifs is 1. The molecule has 2 heterocycles. The molecule has 2 aliphatic rings. The second-order valence-corrected chi connectivity index (χ2v) is 6.96. The zero-order valence-electron chi connectivity index (χ0n) is 16.0. The number of rotatable bonds is 8. The van der Waals surface area contributed by atoms with Crippen molar-refractivity contribution in [3.63, 3.8) is 0 Å². The lowest BCUT2D eigenvalue weighted by Gasteiger charge is -2.27. The molecule has 8 nitrogen and oxygen atoms in total. The zero-order chi connectivity index (χ0) is 19.2. The summed E-state index contributed by atoms with van der Waals surface area (Å²) < 4.78 is 10.6. The Morgan fingerprint density at radius 3 is 2.78 bits per heavy atom. The molecule has 1 unspecified atom stereocenters. The van der Waals surface area contributed by atoms with Gasteiger partial charge in [-0.1, -0.05) is 0 Å². The number of benzene rings is 1. The number of likely N-dealkylation sites (N-methyl/N-ethyl adjacent to an activating group) is 1. The predicted octanol–water partition coefficient (Wildman–Crippen LogP) is 0.287. The second-order valence-electron chi connectivity index (χ2n) is 6.96. The maximum absolute atomic E-state index is 12.7. The van der Waals surface area contributed by atoms with Crippen LogP contribution < -0.4 is 20.1 Å². The average molecular weight is 376 g/mol. The molecule has 0 saturated carbocycles. The number of nitrogens with one attached hydrogen (secondary N) is 2. The highest BCUT2D eigenvalue weighted by atomic mass is 16.7. The summed E-state index contributed by atoms with van der Waals surface area (Å²) in [6.45, 7) is 7.03. The number of carbonyl (C=O) groups is 2. The number of piperazine rings is 1. The van der Waals surface area contributed by atoms with Crippen LogP contribution in [0.4, 0.5) is 0 Å². The van der Waals surface area contributed by atoms with Crippen LogP contribution in [-0.4, -0.2) is 80.8 Å². The SMILES string of the molecule is CC(C(=O)c1ccc2c(c1)OCO2)N(C)CNC(=O)CCN1CCNCC1. The first-order chi connectivity index (χ1) is 13.0. The van der Waals surface area contributed by atoms with Crippen LogP contribution in [0.5, 0.6) is 11.5 Å². The Hall–Kier alpha value is -2.16. The quantitative estimate of drug-likeness (QED) is 0.498. The zero-order valence-corrected chi connectivity index (χ0v) is 16.0. The minimum absolute atomic E-state index is 0.00288. The Kier molecular flexibility index (Phi) is 6.65. The fraction of sp³-hybridized carbons (Fsp3) is 0.579. The molecule has 27 heavy (non-hydrogen) atoms. The largest absolute Gasteiger partial charge is 0.454 e. The highest BCUT2D eigenvalue weighted by molar-refractivity contribution is 6.00. The minimum Gasteiger partial charge on any atom is -0.454 e. The van der Waals surface area contributed by atoms with Crippen LogP contribution in [-0.2, 0) is 4.79 Å². The van der Waals surface area contributed by atoms with Gasteiger partial charge in [0, 0.05) is 44.7 Å². The van der Waals surface area contributed by atoms with Gasteiger partial charge in [-0.2, -0.15) is 0 Å². The van der Waals surface area contributed by atoms with E-state index < -0.39 is 0 Å². The molecule has 1 aromatic rings. The van der Waals surface area contributed by atoms with Crippen molar-refractivity contribution in [2.45, 2.75) is 19.4 Å². The van der Waals surface area contributed by atoms with E-state index in [9.17, 15) is 9.59 Å². The fourth-order valence-electron chi connectivity index (χ4n) is 3.12. The van der Waals surface area contributed by atoms with E-state index in [-0.39, 0.29) is 24.5 Å². The van der Waals surface area contributed by atoms with Crippen molar-refractivity contribution in [3.05, 3.63) is 23.8 Å². The molecular formula is C19H28N4O4. The van der Waals surface area contributed by atoms with Gasteiger partial charge in [-0.15, -0.1) is 0 Å². The molecular weight excluding hydrogens is 348 g/mol. The summed E-state index contributed by atoms with van der Waals surface area (Å²) >= 11 is 0. The normalized spacial score (nSPS) is 17.7. The molecule has 0 bridgehead atoms. The van der Waals surface area contributed by atoms with Gasteiger partial charge in [0.25, 0.3) is 0 Å². The fourth-order valence-corrected chi connectivity index (χ4v) is 3.12. The third-order valence-electron chi connectivity index (χ3n) is 5.09. The van der Waals surface area contributed by atoms with Gasteiger partial charge in [-0.25, -0.2) is 0 Å². The van der Waals surface area contributed by atoms with E-state index in [1.807, 2.05) is 18.9 Å². The van der Waals surface area contributed by atoms with Crippen LogP contribution in [0.3, 0.4) is 0 Å². The molecule has 1 fully saturated rings. The van der Waals surface area contributed by atoms with Gasteiger partial charge in [-0.05, 0) is 32.2 Å². The molecule has 2 aliphatic heterocycles. The van der Waals surface area contributed by atoms with Gasteiger partial charge in [0.2, 0.25) is 12.7 Å². The van der Waals surface area contributed by atoms with E-state index in [1.54, 1.807) is 18.2 Å². The minimum atomic E-state index is -0.362. The Labute approximate surface area is 159 Å². The van der Waals surface area contributed by atoms with Crippen molar-refractivity contribution in [3.8, 4) is 11.5 Å². The first-order valence-corrected chi connectivity index (χ1v) is 9.38. The highest BCUT2D eigenvalue weighted by Crippen LogP contribution is 2.32. The average Bonchev–Trinajstić information content (AvgIpc) is 3.18. The molecule has 1 saturated heterocycles. The van der Waals surface area contributed by atoms with Crippen molar-refractivity contribution in [1.29, 1.82) is 0 Å². The van der Waals surface area contributed by atoms with Gasteiger partial charge >= 0.3 is 0 Å². The molecule has 2 N–H and O–H groups in total. The lowest BCUT2D eigenvalue weighted by Crippen LogP contribution is -2.46. The van der Waals surface area contributed by atoms with Crippen LogP contribution in [0.2, 0.25) is 0 Å². The van der Waals surface area contributed by atoms with Crippen LogP contribution in [0, 0.1) is 0 Å². The van der Waals surface area contributed by atoms with E-state index in [2.05, 4.69) is 15.5 Å². The molecule has 0 aliphatic carbocycles. The maximum atomic E-state index is 12.7. The van der Waals surface area contributed by atoms with E-state index in [0.717, 1.165) is 32.7 Å². The Morgan fingerprint density at radius 1 is 1.26 bits per heavy atom. The predicted molar refractivity (Wildman–Crippen MR) is 101 cm³/mol. The summed E-state index contributed by atoms with van der Waals surface area (Å²) in [5.41, 5.74) is 0.573. The van der Waals surface area contributed by atoms with Crippen molar-refractivity contribution < 1.29 is 19.1 Å². The number of Topliss-reactive ketones (excluding diaryl/α,β-unsaturated/α-hetero) is 1. The number of hydrogen-bond acceptors (Lipinski definition) is 7. The van der Waals surface area contributed by atoms with Gasteiger partial charge < -0.3 is 25.0 Å². The lowest BCUT2D eigenvalue weighted by molar-refractivity contribution is -0.122. The van der Waals surface area contributed by atoms with Gasteiger partial charge in [0.05, 0.1) is 12.7 Å². The summed E-state index contributed by atoms with van der Waals surface area (Å²) in [5, 5.41) is 6.20.